The van der Waals surface area contributed by atoms with Crippen LogP contribution in [0.15, 0.2) is 47.2 Å². The molecule has 0 aromatic carbocycles. The molecule has 0 N–H and O–H groups in total. The molecule has 0 fully saturated rings. The molecule has 0 aliphatic rings. The molecule has 3 aromatic heterocycles. The van der Waals surface area contributed by atoms with Crippen LogP contribution < -0.4 is 0 Å². The van der Waals surface area contributed by atoms with E-state index in [1.807, 2.05) is 22.7 Å². The summed E-state index contributed by atoms with van der Waals surface area (Å²) in [7, 11) is 0. The van der Waals surface area contributed by atoms with Crippen LogP contribution in [0, 0.1) is 0 Å². The summed E-state index contributed by atoms with van der Waals surface area (Å²) in [6.45, 7) is 3.42. The van der Waals surface area contributed by atoms with Crippen molar-refractivity contribution >= 4 is 22.7 Å². The first-order valence-corrected chi connectivity index (χ1v) is 12.4. The van der Waals surface area contributed by atoms with Crippen molar-refractivity contribution in [3.63, 3.8) is 0 Å². The van der Waals surface area contributed by atoms with Crippen molar-refractivity contribution in [2.75, 3.05) is 0 Å². The molecule has 27 heavy (non-hydrogen) atoms. The smallest absolute Gasteiger partial charge is 0.0586 e. The van der Waals surface area contributed by atoms with Gasteiger partial charge in [0.2, 0.25) is 0 Å². The fourth-order valence-electron chi connectivity index (χ4n) is 3.74. The van der Waals surface area contributed by atoms with Gasteiger partial charge in [0.25, 0.3) is 0 Å². The highest BCUT2D eigenvalue weighted by Crippen LogP contribution is 2.33. The minimum absolute atomic E-state index is 1.13. The third-order valence-electron chi connectivity index (χ3n) is 5.26. The summed E-state index contributed by atoms with van der Waals surface area (Å²) in [5.74, 6) is 0. The Morgan fingerprint density at radius 2 is 1.11 bits per heavy atom. The highest BCUT2D eigenvalue weighted by atomic mass is 32.1. The molecular formula is C24H33NS2. The van der Waals surface area contributed by atoms with E-state index in [-0.39, 0.29) is 0 Å². The second-order valence-corrected chi connectivity index (χ2v) is 9.29. The first kappa shape index (κ1) is 20.4. The Kier molecular flexibility index (Phi) is 8.70. The number of thiophene rings is 2. The Labute approximate surface area is 173 Å². The van der Waals surface area contributed by atoms with Gasteiger partial charge in [0.15, 0.2) is 0 Å². The average Bonchev–Trinajstić information content (AvgIpc) is 3.44. The normalized spacial score (nSPS) is 11.3. The molecule has 0 unspecified atom stereocenters. The van der Waals surface area contributed by atoms with E-state index in [0.717, 1.165) is 6.54 Å². The predicted octanol–water partition coefficient (Wildman–Crippen LogP) is 8.87. The second kappa shape index (κ2) is 11.5. The maximum atomic E-state index is 2.54. The highest BCUT2D eigenvalue weighted by molar-refractivity contribution is 7.14. The van der Waals surface area contributed by atoms with Crippen molar-refractivity contribution in [2.24, 2.45) is 0 Å². The summed E-state index contributed by atoms with van der Waals surface area (Å²) in [4.78, 5) is 2.76. The van der Waals surface area contributed by atoms with Gasteiger partial charge in [-0.05, 0) is 41.4 Å². The molecule has 0 atom stereocenters. The standard InChI is InChI=1S/C24H33NS2/c1-2-3-4-5-6-7-8-9-10-11-18-25-21(23-14-12-19-26-23)16-17-22(25)24-15-13-20-27-24/h12-17,19-20H,2-11,18H2,1H3. The molecule has 0 saturated heterocycles. The van der Waals surface area contributed by atoms with E-state index < -0.39 is 0 Å². The lowest BCUT2D eigenvalue weighted by Gasteiger charge is -2.12. The summed E-state index contributed by atoms with van der Waals surface area (Å²) < 4.78 is 2.54. The van der Waals surface area contributed by atoms with Gasteiger partial charge in [-0.2, -0.15) is 0 Å². The number of aromatic nitrogens is 1. The molecule has 0 bridgehead atoms. The molecule has 3 aromatic rings. The summed E-state index contributed by atoms with van der Waals surface area (Å²) in [5, 5.41) is 4.36. The quantitative estimate of drug-likeness (QED) is 0.253. The largest absolute Gasteiger partial charge is 0.339 e. The number of nitrogens with zero attached hydrogens (tertiary/aromatic N) is 1. The zero-order chi connectivity index (χ0) is 18.7. The molecule has 0 spiro atoms. The van der Waals surface area contributed by atoms with Gasteiger partial charge >= 0.3 is 0 Å². The van der Waals surface area contributed by atoms with Crippen LogP contribution in [-0.2, 0) is 6.54 Å². The van der Waals surface area contributed by atoms with Crippen molar-refractivity contribution in [1.82, 2.24) is 4.57 Å². The first-order chi connectivity index (χ1) is 13.4. The molecule has 1 nitrogen and oxygen atoms in total. The summed E-state index contributed by atoms with van der Waals surface area (Å²) in [6, 6.07) is 13.4. The highest BCUT2D eigenvalue weighted by Gasteiger charge is 2.12. The first-order valence-electron chi connectivity index (χ1n) is 10.7. The van der Waals surface area contributed by atoms with Gasteiger partial charge in [-0.3, -0.25) is 0 Å². The van der Waals surface area contributed by atoms with Crippen LogP contribution in [0.5, 0.6) is 0 Å². The number of hydrogen-bond donors (Lipinski definition) is 0. The lowest BCUT2D eigenvalue weighted by Crippen LogP contribution is -2.01. The van der Waals surface area contributed by atoms with Crippen LogP contribution in [0.3, 0.4) is 0 Å². The topological polar surface area (TPSA) is 4.93 Å². The van der Waals surface area contributed by atoms with Gasteiger partial charge < -0.3 is 4.57 Å². The van der Waals surface area contributed by atoms with Crippen molar-refractivity contribution in [1.29, 1.82) is 0 Å². The fourth-order valence-corrected chi connectivity index (χ4v) is 5.26. The van der Waals surface area contributed by atoms with Crippen LogP contribution in [0.2, 0.25) is 0 Å². The zero-order valence-corrected chi connectivity index (χ0v) is 18.3. The van der Waals surface area contributed by atoms with Crippen molar-refractivity contribution < 1.29 is 0 Å². The fraction of sp³-hybridized carbons (Fsp3) is 0.500. The van der Waals surface area contributed by atoms with Gasteiger partial charge in [0, 0.05) is 6.54 Å². The molecule has 0 saturated carbocycles. The van der Waals surface area contributed by atoms with E-state index in [1.54, 1.807) is 0 Å². The van der Waals surface area contributed by atoms with E-state index in [1.165, 1.54) is 85.4 Å². The summed E-state index contributed by atoms with van der Waals surface area (Å²) >= 11 is 3.68. The Morgan fingerprint density at radius 1 is 0.630 bits per heavy atom. The van der Waals surface area contributed by atoms with Crippen LogP contribution in [0.4, 0.5) is 0 Å². The van der Waals surface area contributed by atoms with E-state index >= 15 is 0 Å². The molecule has 0 radical (unpaired) electrons. The molecule has 0 amide bonds. The maximum absolute atomic E-state index is 2.54. The van der Waals surface area contributed by atoms with Gasteiger partial charge in [-0.15, -0.1) is 22.7 Å². The van der Waals surface area contributed by atoms with E-state index in [4.69, 9.17) is 0 Å². The minimum atomic E-state index is 1.13. The average molecular weight is 400 g/mol. The molecule has 3 rings (SSSR count). The number of hydrogen-bond acceptors (Lipinski definition) is 2. The Balaban J connectivity index is 1.48. The Hall–Kier alpha value is -1.32. The van der Waals surface area contributed by atoms with E-state index in [9.17, 15) is 0 Å². The second-order valence-electron chi connectivity index (χ2n) is 7.39. The maximum Gasteiger partial charge on any atom is 0.0586 e. The molecule has 146 valence electrons. The molecule has 0 aliphatic carbocycles. The molecule has 3 heteroatoms. The lowest BCUT2D eigenvalue weighted by atomic mass is 10.1. The van der Waals surface area contributed by atoms with Crippen molar-refractivity contribution in [2.45, 2.75) is 77.7 Å². The number of rotatable bonds is 13. The van der Waals surface area contributed by atoms with Gasteiger partial charge in [0.05, 0.1) is 21.1 Å². The third kappa shape index (κ3) is 6.08. The van der Waals surface area contributed by atoms with Crippen LogP contribution >= 0.6 is 22.7 Å². The number of unbranched alkanes of at least 4 members (excludes halogenated alkanes) is 9. The van der Waals surface area contributed by atoms with E-state index in [0.29, 0.717) is 0 Å². The monoisotopic (exact) mass is 399 g/mol. The third-order valence-corrected chi connectivity index (χ3v) is 7.05. The summed E-state index contributed by atoms with van der Waals surface area (Å²) in [6.07, 6.45) is 13.9. The van der Waals surface area contributed by atoms with Crippen LogP contribution in [-0.4, -0.2) is 4.57 Å². The van der Waals surface area contributed by atoms with Gasteiger partial charge in [-0.25, -0.2) is 0 Å². The Morgan fingerprint density at radius 3 is 1.56 bits per heavy atom. The van der Waals surface area contributed by atoms with Gasteiger partial charge in [-0.1, -0.05) is 76.8 Å². The van der Waals surface area contributed by atoms with Gasteiger partial charge in [0.1, 0.15) is 0 Å². The van der Waals surface area contributed by atoms with Crippen LogP contribution in [0.1, 0.15) is 71.1 Å². The summed E-state index contributed by atoms with van der Waals surface area (Å²) in [5.41, 5.74) is 2.76. The predicted molar refractivity (Wildman–Crippen MR) is 123 cm³/mol. The lowest BCUT2D eigenvalue weighted by molar-refractivity contribution is 0.538. The SMILES string of the molecule is CCCCCCCCCCCCn1c(-c2cccs2)ccc1-c1cccs1. The Bertz CT molecular complexity index is 686. The molecule has 0 aliphatic heterocycles. The van der Waals surface area contributed by atoms with Crippen LogP contribution in [0.25, 0.3) is 21.1 Å². The minimum Gasteiger partial charge on any atom is -0.339 e. The van der Waals surface area contributed by atoms with Crippen molar-refractivity contribution in [3.05, 3.63) is 47.2 Å². The van der Waals surface area contributed by atoms with Crippen molar-refractivity contribution in [3.8, 4) is 21.1 Å². The molecular weight excluding hydrogens is 366 g/mol. The van der Waals surface area contributed by atoms with E-state index in [2.05, 4.69) is 58.6 Å². The zero-order valence-electron chi connectivity index (χ0n) is 16.7. The molecule has 3 heterocycles.